The minimum Gasteiger partial charge on any atom is -0.354 e. The predicted molar refractivity (Wildman–Crippen MR) is 76.1 cm³/mol. The minimum absolute atomic E-state index is 0.236. The fourth-order valence-corrected chi connectivity index (χ4v) is 2.13. The summed E-state index contributed by atoms with van der Waals surface area (Å²) in [5.41, 5.74) is 1.71. The molecule has 0 aliphatic heterocycles. The Morgan fingerprint density at radius 3 is 2.48 bits per heavy atom. The average Bonchev–Trinajstić information content (AvgIpc) is 2.46. The van der Waals surface area contributed by atoms with Crippen molar-refractivity contribution in [2.75, 3.05) is 5.32 Å². The number of nitrogens with one attached hydrogen (secondary N) is 1. The molecule has 0 radical (unpaired) electrons. The quantitative estimate of drug-likeness (QED) is 0.768. The molecule has 0 aliphatic rings. The number of hydrogen-bond acceptors (Lipinski definition) is 3. The number of para-hydroxylation sites is 1. The van der Waals surface area contributed by atoms with Crippen LogP contribution < -0.4 is 5.32 Å². The summed E-state index contributed by atoms with van der Waals surface area (Å²) in [4.78, 5) is 4.18. The lowest BCUT2D eigenvalue weighted by atomic mass is 10.1. The molecule has 1 aromatic heterocycles. The highest BCUT2D eigenvalue weighted by Crippen LogP contribution is 2.29. The van der Waals surface area contributed by atoms with Crippen molar-refractivity contribution in [2.24, 2.45) is 0 Å². The normalized spacial score (nSPS) is 10.3. The van der Waals surface area contributed by atoms with Gasteiger partial charge in [-0.15, -0.1) is 0 Å². The van der Waals surface area contributed by atoms with Crippen molar-refractivity contribution in [3.63, 3.8) is 0 Å². The number of aromatic nitrogens is 1. The number of anilines is 2. The molecule has 1 N–H and O–H groups in total. The molecule has 1 heterocycles. The van der Waals surface area contributed by atoms with Crippen LogP contribution in [0.3, 0.4) is 0 Å². The van der Waals surface area contributed by atoms with Crippen LogP contribution in [0.1, 0.15) is 5.56 Å². The third-order valence-corrected chi connectivity index (χ3v) is 3.03. The van der Waals surface area contributed by atoms with E-state index >= 15 is 0 Å². The first-order valence-electron chi connectivity index (χ1n) is 6.18. The van der Waals surface area contributed by atoms with Crippen molar-refractivity contribution >= 4 is 22.3 Å². The van der Waals surface area contributed by atoms with Gasteiger partial charge in [0, 0.05) is 23.3 Å². The van der Waals surface area contributed by atoms with Gasteiger partial charge in [-0.25, -0.2) is 8.78 Å². The Labute approximate surface area is 119 Å². The van der Waals surface area contributed by atoms with Gasteiger partial charge in [0.05, 0.1) is 16.8 Å². The molecule has 0 spiro atoms. The van der Waals surface area contributed by atoms with Crippen molar-refractivity contribution in [3.8, 4) is 6.07 Å². The van der Waals surface area contributed by atoms with E-state index in [0.717, 1.165) is 6.07 Å². The van der Waals surface area contributed by atoms with Crippen molar-refractivity contribution < 1.29 is 8.78 Å². The molecule has 0 saturated carbocycles. The lowest BCUT2D eigenvalue weighted by Crippen LogP contribution is -1.97. The molecule has 0 unspecified atom stereocenters. The van der Waals surface area contributed by atoms with Crippen LogP contribution in [0.15, 0.2) is 48.7 Å². The Bertz CT molecular complexity index is 849. The molecule has 0 amide bonds. The lowest BCUT2D eigenvalue weighted by Gasteiger charge is -2.11. The Morgan fingerprint density at radius 1 is 1.05 bits per heavy atom. The van der Waals surface area contributed by atoms with Gasteiger partial charge in [0.25, 0.3) is 0 Å². The van der Waals surface area contributed by atoms with Gasteiger partial charge in [0.1, 0.15) is 17.7 Å². The van der Waals surface area contributed by atoms with E-state index in [4.69, 9.17) is 0 Å². The van der Waals surface area contributed by atoms with E-state index in [1.807, 2.05) is 18.2 Å². The largest absolute Gasteiger partial charge is 0.354 e. The zero-order chi connectivity index (χ0) is 14.8. The first kappa shape index (κ1) is 13.0. The molecule has 102 valence electrons. The number of benzene rings is 2. The molecule has 0 saturated heterocycles. The van der Waals surface area contributed by atoms with Gasteiger partial charge in [-0.1, -0.05) is 18.2 Å². The second kappa shape index (κ2) is 5.17. The van der Waals surface area contributed by atoms with Gasteiger partial charge in [-0.3, -0.25) is 4.98 Å². The monoisotopic (exact) mass is 281 g/mol. The van der Waals surface area contributed by atoms with Crippen LogP contribution in [0, 0.1) is 23.0 Å². The molecular weight excluding hydrogens is 272 g/mol. The molecule has 3 aromatic rings. The SMILES string of the molecule is N#Cc1cnc2ccccc2c1Nc1cc(F)cc(F)c1. The Hall–Kier alpha value is -3.00. The van der Waals surface area contributed by atoms with E-state index in [0.29, 0.717) is 22.2 Å². The number of hydrogen-bond donors (Lipinski definition) is 1. The maximum absolute atomic E-state index is 13.3. The highest BCUT2D eigenvalue weighted by Gasteiger charge is 2.10. The van der Waals surface area contributed by atoms with Gasteiger partial charge in [-0.05, 0) is 18.2 Å². The molecule has 0 aliphatic carbocycles. The molecular formula is C16H9F2N3. The fourth-order valence-electron chi connectivity index (χ4n) is 2.13. The van der Waals surface area contributed by atoms with Gasteiger partial charge in [0.15, 0.2) is 0 Å². The standard InChI is InChI=1S/C16H9F2N3/c17-11-5-12(18)7-13(6-11)21-16-10(8-19)9-20-15-4-2-1-3-14(15)16/h1-7,9H,(H,20,21). The third-order valence-electron chi connectivity index (χ3n) is 3.03. The minimum atomic E-state index is -0.686. The summed E-state index contributed by atoms with van der Waals surface area (Å²) >= 11 is 0. The Morgan fingerprint density at radius 2 is 1.76 bits per heavy atom. The number of pyridine rings is 1. The van der Waals surface area contributed by atoms with Crippen LogP contribution >= 0.6 is 0 Å². The van der Waals surface area contributed by atoms with E-state index in [9.17, 15) is 14.0 Å². The fraction of sp³-hybridized carbons (Fsp3) is 0. The van der Waals surface area contributed by atoms with E-state index in [2.05, 4.69) is 10.3 Å². The molecule has 0 atom stereocenters. The summed E-state index contributed by atoms with van der Waals surface area (Å²) < 4.78 is 26.5. The van der Waals surface area contributed by atoms with Crippen LogP contribution in [0.5, 0.6) is 0 Å². The number of fused-ring (bicyclic) bond motifs is 1. The highest BCUT2D eigenvalue weighted by atomic mass is 19.1. The van der Waals surface area contributed by atoms with Crippen LogP contribution in [0.2, 0.25) is 0 Å². The first-order chi connectivity index (χ1) is 10.2. The highest BCUT2D eigenvalue weighted by molar-refractivity contribution is 5.95. The molecule has 0 fully saturated rings. The van der Waals surface area contributed by atoms with Gasteiger partial charge >= 0.3 is 0 Å². The maximum atomic E-state index is 13.3. The van der Waals surface area contributed by atoms with Gasteiger partial charge in [-0.2, -0.15) is 5.26 Å². The summed E-state index contributed by atoms with van der Waals surface area (Å²) in [5, 5.41) is 12.8. The summed E-state index contributed by atoms with van der Waals surface area (Å²) in [6.45, 7) is 0. The van der Waals surface area contributed by atoms with E-state index in [1.165, 1.54) is 18.3 Å². The zero-order valence-corrected chi connectivity index (χ0v) is 10.8. The maximum Gasteiger partial charge on any atom is 0.128 e. The number of nitrogens with zero attached hydrogens (tertiary/aromatic N) is 2. The number of halogens is 2. The first-order valence-corrected chi connectivity index (χ1v) is 6.18. The molecule has 5 heteroatoms. The number of nitriles is 1. The Balaban J connectivity index is 2.17. The van der Waals surface area contributed by atoms with E-state index < -0.39 is 11.6 Å². The second-order valence-electron chi connectivity index (χ2n) is 4.46. The van der Waals surface area contributed by atoms with Crippen molar-refractivity contribution in [2.45, 2.75) is 0 Å². The van der Waals surface area contributed by atoms with Crippen LogP contribution in [-0.2, 0) is 0 Å². The zero-order valence-electron chi connectivity index (χ0n) is 10.8. The second-order valence-corrected chi connectivity index (χ2v) is 4.46. The summed E-state index contributed by atoms with van der Waals surface area (Å²) in [6, 6.07) is 12.4. The van der Waals surface area contributed by atoms with Crippen molar-refractivity contribution in [1.29, 1.82) is 5.26 Å². The lowest BCUT2D eigenvalue weighted by molar-refractivity contribution is 0.584. The van der Waals surface area contributed by atoms with Crippen molar-refractivity contribution in [3.05, 3.63) is 65.9 Å². The van der Waals surface area contributed by atoms with E-state index in [1.54, 1.807) is 12.1 Å². The van der Waals surface area contributed by atoms with Crippen LogP contribution in [0.4, 0.5) is 20.2 Å². The van der Waals surface area contributed by atoms with E-state index in [-0.39, 0.29) is 5.69 Å². The van der Waals surface area contributed by atoms with Gasteiger partial charge in [0.2, 0.25) is 0 Å². The molecule has 21 heavy (non-hydrogen) atoms. The van der Waals surface area contributed by atoms with Crippen LogP contribution in [0.25, 0.3) is 10.9 Å². The molecule has 2 aromatic carbocycles. The number of rotatable bonds is 2. The predicted octanol–water partition coefficient (Wildman–Crippen LogP) is 4.13. The summed E-state index contributed by atoms with van der Waals surface area (Å²) in [6.07, 6.45) is 1.43. The average molecular weight is 281 g/mol. The summed E-state index contributed by atoms with van der Waals surface area (Å²) in [7, 11) is 0. The molecule has 0 bridgehead atoms. The molecule has 3 rings (SSSR count). The van der Waals surface area contributed by atoms with Gasteiger partial charge < -0.3 is 5.32 Å². The smallest absolute Gasteiger partial charge is 0.128 e. The van der Waals surface area contributed by atoms with Crippen LogP contribution in [-0.4, -0.2) is 4.98 Å². The molecule has 3 nitrogen and oxygen atoms in total. The summed E-state index contributed by atoms with van der Waals surface area (Å²) in [5.74, 6) is -1.37. The topological polar surface area (TPSA) is 48.7 Å². The Kier molecular flexibility index (Phi) is 3.20. The van der Waals surface area contributed by atoms with Crippen molar-refractivity contribution in [1.82, 2.24) is 4.98 Å². The third kappa shape index (κ3) is 2.51.